The molecule has 2 aromatic carbocycles. The number of ether oxygens (including phenoxy) is 1. The second-order valence-electron chi connectivity index (χ2n) is 5.51. The highest BCUT2D eigenvalue weighted by Gasteiger charge is 2.14. The highest BCUT2D eigenvalue weighted by molar-refractivity contribution is 7.99. The highest BCUT2D eigenvalue weighted by atomic mass is 32.2. The van der Waals surface area contributed by atoms with E-state index in [2.05, 4.69) is 5.32 Å². The number of nitrogens with one attached hydrogen (secondary N) is 1. The Morgan fingerprint density at radius 3 is 2.56 bits per heavy atom. The maximum Gasteiger partial charge on any atom is 0.313 e. The molecule has 1 unspecified atom stereocenters. The second-order valence-corrected chi connectivity index (χ2v) is 6.50. The smallest absolute Gasteiger partial charge is 0.313 e. The lowest BCUT2D eigenvalue weighted by Crippen LogP contribution is -2.27. The van der Waals surface area contributed by atoms with E-state index in [1.54, 1.807) is 13.0 Å². The summed E-state index contributed by atoms with van der Waals surface area (Å²) in [5, 5.41) is 11.5. The zero-order chi connectivity index (χ0) is 18.1. The Morgan fingerprint density at radius 1 is 1.12 bits per heavy atom. The fourth-order valence-electron chi connectivity index (χ4n) is 2.11. The first-order valence-electron chi connectivity index (χ1n) is 7.89. The van der Waals surface area contributed by atoms with Gasteiger partial charge in [0, 0.05) is 11.4 Å². The fraction of sp³-hybridized carbons (Fsp3) is 0.263. The van der Waals surface area contributed by atoms with E-state index >= 15 is 0 Å². The molecule has 132 valence electrons. The Morgan fingerprint density at radius 2 is 1.84 bits per heavy atom. The molecule has 0 aromatic heterocycles. The number of carboxylic acid groups (broad SMARTS) is 1. The number of rotatable bonds is 9. The van der Waals surface area contributed by atoms with Gasteiger partial charge in [-0.05, 0) is 30.2 Å². The summed E-state index contributed by atoms with van der Waals surface area (Å²) < 4.78 is 5.60. The Bertz CT molecular complexity index is 706. The van der Waals surface area contributed by atoms with Crippen LogP contribution in [0.3, 0.4) is 0 Å². The molecule has 0 aliphatic carbocycles. The summed E-state index contributed by atoms with van der Waals surface area (Å²) in [4.78, 5) is 22.8. The van der Waals surface area contributed by atoms with Crippen molar-refractivity contribution in [3.05, 3.63) is 65.7 Å². The van der Waals surface area contributed by atoms with Crippen molar-refractivity contribution >= 4 is 29.3 Å². The van der Waals surface area contributed by atoms with Gasteiger partial charge in [-0.3, -0.25) is 9.59 Å². The molecular weight excluding hydrogens is 338 g/mol. The number of benzene rings is 2. The van der Waals surface area contributed by atoms with Gasteiger partial charge in [0.25, 0.3) is 5.91 Å². The second kappa shape index (κ2) is 9.86. The summed E-state index contributed by atoms with van der Waals surface area (Å²) in [6, 6.07) is 17.1. The van der Waals surface area contributed by atoms with Crippen molar-refractivity contribution in [2.75, 3.05) is 11.1 Å². The molecule has 0 aliphatic rings. The largest absolute Gasteiger partial charge is 0.481 e. The fourth-order valence-corrected chi connectivity index (χ4v) is 2.80. The minimum absolute atomic E-state index is 0.0565. The van der Waals surface area contributed by atoms with Gasteiger partial charge in [0.05, 0.1) is 12.4 Å². The number of carbonyl (C=O) groups excluding carboxylic acids is 1. The zero-order valence-corrected chi connectivity index (χ0v) is 14.8. The molecule has 2 rings (SSSR count). The standard InChI is InChI=1S/C19H21NO4S/c1-14(24-11-15-6-3-2-4-7-15)19(23)20-17-9-5-8-16(10-17)12-25-13-18(21)22/h2-10,14H,11-13H2,1H3,(H,20,23)(H,21,22). The van der Waals surface area contributed by atoms with E-state index in [1.807, 2.05) is 48.5 Å². The third kappa shape index (κ3) is 6.99. The molecule has 0 bridgehead atoms. The highest BCUT2D eigenvalue weighted by Crippen LogP contribution is 2.17. The van der Waals surface area contributed by atoms with Gasteiger partial charge in [-0.1, -0.05) is 42.5 Å². The first kappa shape index (κ1) is 19.0. The minimum Gasteiger partial charge on any atom is -0.481 e. The van der Waals surface area contributed by atoms with Crippen LogP contribution in [0.25, 0.3) is 0 Å². The van der Waals surface area contributed by atoms with Crippen LogP contribution in [0.15, 0.2) is 54.6 Å². The lowest BCUT2D eigenvalue weighted by molar-refractivity contribution is -0.134. The number of anilines is 1. The van der Waals surface area contributed by atoms with Gasteiger partial charge in [0.2, 0.25) is 0 Å². The summed E-state index contributed by atoms with van der Waals surface area (Å²) >= 11 is 1.32. The number of hydrogen-bond donors (Lipinski definition) is 2. The predicted molar refractivity (Wildman–Crippen MR) is 99.6 cm³/mol. The van der Waals surface area contributed by atoms with Crippen LogP contribution >= 0.6 is 11.8 Å². The maximum absolute atomic E-state index is 12.2. The average molecular weight is 359 g/mol. The van der Waals surface area contributed by atoms with Crippen molar-refractivity contribution < 1.29 is 19.4 Å². The third-order valence-corrected chi connectivity index (χ3v) is 4.39. The summed E-state index contributed by atoms with van der Waals surface area (Å²) in [7, 11) is 0. The van der Waals surface area contributed by atoms with Crippen molar-refractivity contribution in [3.63, 3.8) is 0 Å². The third-order valence-electron chi connectivity index (χ3n) is 3.40. The van der Waals surface area contributed by atoms with E-state index in [0.717, 1.165) is 11.1 Å². The van der Waals surface area contributed by atoms with Gasteiger partial charge < -0.3 is 15.2 Å². The molecule has 0 spiro atoms. The SMILES string of the molecule is CC(OCc1ccccc1)C(=O)Nc1cccc(CSCC(=O)O)c1. The molecule has 0 saturated carbocycles. The first-order valence-corrected chi connectivity index (χ1v) is 9.05. The molecule has 0 aliphatic heterocycles. The number of thioether (sulfide) groups is 1. The number of amides is 1. The van der Waals surface area contributed by atoms with Crippen molar-refractivity contribution in [2.45, 2.75) is 25.4 Å². The molecule has 0 heterocycles. The number of carboxylic acids is 1. The predicted octanol–water partition coefficient (Wildman–Crippen LogP) is 3.55. The Balaban J connectivity index is 1.83. The Hall–Kier alpha value is -2.31. The maximum atomic E-state index is 12.2. The summed E-state index contributed by atoms with van der Waals surface area (Å²) in [5.41, 5.74) is 2.65. The van der Waals surface area contributed by atoms with Gasteiger partial charge in [-0.2, -0.15) is 0 Å². The summed E-state index contributed by atoms with van der Waals surface area (Å²) in [6.45, 7) is 2.09. The zero-order valence-electron chi connectivity index (χ0n) is 14.0. The van der Waals surface area contributed by atoms with E-state index < -0.39 is 12.1 Å². The van der Waals surface area contributed by atoms with Gasteiger partial charge >= 0.3 is 5.97 Å². The van der Waals surface area contributed by atoms with Gasteiger partial charge in [0.15, 0.2) is 0 Å². The lowest BCUT2D eigenvalue weighted by Gasteiger charge is -2.14. The molecule has 5 nitrogen and oxygen atoms in total. The molecule has 6 heteroatoms. The molecular formula is C19H21NO4S. The monoisotopic (exact) mass is 359 g/mol. The van der Waals surface area contributed by atoms with Crippen molar-refractivity contribution in [3.8, 4) is 0 Å². The minimum atomic E-state index is -0.834. The van der Waals surface area contributed by atoms with Gasteiger partial charge in [-0.25, -0.2) is 0 Å². The Kier molecular flexibility index (Phi) is 7.50. The number of hydrogen-bond acceptors (Lipinski definition) is 4. The molecule has 1 amide bonds. The molecule has 0 radical (unpaired) electrons. The van der Waals surface area contributed by atoms with Crippen LogP contribution in [0.2, 0.25) is 0 Å². The van der Waals surface area contributed by atoms with Crippen LogP contribution in [-0.2, 0) is 26.7 Å². The molecule has 0 fully saturated rings. The van der Waals surface area contributed by atoms with Crippen LogP contribution in [0.1, 0.15) is 18.1 Å². The summed E-state index contributed by atoms with van der Waals surface area (Å²) in [6.07, 6.45) is -0.578. The molecule has 0 saturated heterocycles. The van der Waals surface area contributed by atoms with Crippen LogP contribution in [-0.4, -0.2) is 28.8 Å². The van der Waals surface area contributed by atoms with Crippen LogP contribution in [0, 0.1) is 0 Å². The van der Waals surface area contributed by atoms with Crippen molar-refractivity contribution in [2.24, 2.45) is 0 Å². The number of carbonyl (C=O) groups is 2. The van der Waals surface area contributed by atoms with E-state index in [1.165, 1.54) is 11.8 Å². The van der Waals surface area contributed by atoms with Crippen molar-refractivity contribution in [1.82, 2.24) is 0 Å². The molecule has 1 atom stereocenters. The quantitative estimate of drug-likeness (QED) is 0.716. The van der Waals surface area contributed by atoms with Gasteiger partial charge in [-0.15, -0.1) is 11.8 Å². The van der Waals surface area contributed by atoms with Crippen LogP contribution in [0.5, 0.6) is 0 Å². The summed E-state index contributed by atoms with van der Waals surface area (Å²) in [5.74, 6) is -0.415. The lowest BCUT2D eigenvalue weighted by atomic mass is 10.2. The van der Waals surface area contributed by atoms with Crippen LogP contribution in [0.4, 0.5) is 5.69 Å². The topological polar surface area (TPSA) is 75.6 Å². The average Bonchev–Trinajstić information content (AvgIpc) is 2.60. The van der Waals surface area contributed by atoms with Crippen LogP contribution < -0.4 is 5.32 Å². The van der Waals surface area contributed by atoms with E-state index in [4.69, 9.17) is 9.84 Å². The molecule has 2 aromatic rings. The van der Waals surface area contributed by atoms with E-state index in [-0.39, 0.29) is 11.7 Å². The molecule has 2 N–H and O–H groups in total. The van der Waals surface area contributed by atoms with Gasteiger partial charge in [0.1, 0.15) is 6.10 Å². The first-order chi connectivity index (χ1) is 12.0. The number of aliphatic carboxylic acids is 1. The Labute approximate surface area is 151 Å². The molecule has 25 heavy (non-hydrogen) atoms. The van der Waals surface area contributed by atoms with Crippen molar-refractivity contribution in [1.29, 1.82) is 0 Å². The van der Waals surface area contributed by atoms with E-state index in [0.29, 0.717) is 18.0 Å². The van der Waals surface area contributed by atoms with E-state index in [9.17, 15) is 9.59 Å². The normalized spacial score (nSPS) is 11.7.